The molecule has 0 radical (unpaired) electrons. The lowest BCUT2D eigenvalue weighted by Crippen LogP contribution is -2.29. The minimum Gasteiger partial charge on any atom is -0.255 e. The highest BCUT2D eigenvalue weighted by Crippen LogP contribution is 2.66. The van der Waals surface area contributed by atoms with Gasteiger partial charge in [0.15, 0.2) is 0 Å². The molecule has 12 aromatic carbocycles. The first-order valence-corrected chi connectivity index (χ1v) is 31.0. The Kier molecular flexibility index (Phi) is 11.1. The highest BCUT2D eigenvalue weighted by molar-refractivity contribution is 9.10. The number of sulfone groups is 1. The smallest absolute Gasteiger partial charge is 0.208 e. The minimum atomic E-state index is -3.72. The van der Waals surface area contributed by atoms with Crippen molar-refractivity contribution in [3.63, 3.8) is 0 Å². The molecule has 2 N–H and O–H groups in total. The van der Waals surface area contributed by atoms with Gasteiger partial charge in [0.2, 0.25) is 9.84 Å². The van der Waals surface area contributed by atoms with Crippen LogP contribution >= 0.6 is 43.2 Å². The van der Waals surface area contributed by atoms with Gasteiger partial charge in [0.25, 0.3) is 0 Å². The van der Waals surface area contributed by atoms with E-state index in [9.17, 15) is 8.42 Å². The highest BCUT2D eigenvalue weighted by Gasteiger charge is 2.54. The molecule has 0 amide bonds. The summed E-state index contributed by atoms with van der Waals surface area (Å²) in [5, 5.41) is 14.7. The monoisotopic (exact) mass is 1220 g/mol. The average molecular weight is 1220 g/mol. The Balaban J connectivity index is 0.000000131. The second-order valence-electron chi connectivity index (χ2n) is 21.5. The first-order valence-electron chi connectivity index (χ1n) is 27.1. The third-order valence-electron chi connectivity index (χ3n) is 17.9. The van der Waals surface area contributed by atoms with Gasteiger partial charge in [-0.1, -0.05) is 250 Å². The minimum absolute atomic E-state index is 0.388. The quantitative estimate of drug-likeness (QED) is 0.117. The molecule has 2 heterocycles. The molecule has 82 heavy (non-hydrogen) atoms. The molecule has 0 bridgehead atoms. The summed E-state index contributed by atoms with van der Waals surface area (Å²) in [6.07, 6.45) is 0. The lowest BCUT2D eigenvalue weighted by atomic mass is 9.66. The molecule has 2 spiro atoms. The number of rotatable bonds is 0. The van der Waals surface area contributed by atoms with E-state index in [0.29, 0.717) is 9.79 Å². The van der Waals surface area contributed by atoms with Gasteiger partial charge in [-0.3, -0.25) is 10.5 Å². The standard InChI is InChI=1S/C37H21BrO2S.C37H21BrS.H2O2/c38-22-17-18-26-24-10-2-1-9-23(24)25-11-3-6-14-30(25)37(33(26)21-22)31-15-7-4-13-29(31)35-32(37)20-19-28-27-12-5-8-16-34(27)41(39,40)36(28)35;38-22-17-18-26-24-10-2-1-9-23(24)25-11-3-6-14-30(25)37(33(26)21-22)31-15-7-4-13-29(31)35-32(37)20-19-28-27-12-5-8-16-34(27)39-36(28)35;1-2/h1-21H;1-21H;1-2H. The second kappa shape index (κ2) is 18.3. The fourth-order valence-electron chi connectivity index (χ4n) is 15.0. The Bertz CT molecular complexity index is 5040. The number of thiophene rings is 1. The van der Waals surface area contributed by atoms with E-state index in [4.69, 9.17) is 10.5 Å². The average Bonchev–Trinajstić information content (AvgIpc) is 2.02. The van der Waals surface area contributed by atoms with Crippen molar-refractivity contribution in [3.05, 3.63) is 308 Å². The third-order valence-corrected chi connectivity index (χ3v) is 22.0. The molecule has 0 saturated heterocycles. The van der Waals surface area contributed by atoms with Crippen LogP contribution < -0.4 is 0 Å². The van der Waals surface area contributed by atoms with E-state index in [2.05, 4.69) is 250 Å². The van der Waals surface area contributed by atoms with Gasteiger partial charge in [0.1, 0.15) is 0 Å². The topological polar surface area (TPSA) is 74.6 Å². The normalized spacial score (nSPS) is 16.8. The molecular formula is C74H44Br2O4S2. The molecule has 2 atom stereocenters. The van der Waals surface area contributed by atoms with Crippen molar-refractivity contribution in [2.24, 2.45) is 0 Å². The maximum Gasteiger partial charge on any atom is 0.208 e. The summed E-state index contributed by atoms with van der Waals surface area (Å²) in [5.74, 6) is 0. The van der Waals surface area contributed by atoms with Gasteiger partial charge in [0, 0.05) is 51.4 Å². The van der Waals surface area contributed by atoms with E-state index in [1.807, 2.05) is 41.7 Å². The van der Waals surface area contributed by atoms with Crippen LogP contribution in [0.3, 0.4) is 0 Å². The van der Waals surface area contributed by atoms with E-state index < -0.39 is 20.7 Å². The summed E-state index contributed by atoms with van der Waals surface area (Å²) in [5.41, 5.74) is 24.6. The largest absolute Gasteiger partial charge is 0.255 e. The zero-order valence-electron chi connectivity index (χ0n) is 43.5. The van der Waals surface area contributed by atoms with E-state index in [0.717, 1.165) is 64.6 Å². The number of benzene rings is 12. The third kappa shape index (κ3) is 6.45. The van der Waals surface area contributed by atoms with E-state index >= 15 is 0 Å². The highest BCUT2D eigenvalue weighted by atomic mass is 79.9. The zero-order chi connectivity index (χ0) is 55.2. The Morgan fingerprint density at radius 3 is 1.23 bits per heavy atom. The van der Waals surface area contributed by atoms with Crippen LogP contribution in [0.1, 0.15) is 44.5 Å². The lowest BCUT2D eigenvalue weighted by molar-refractivity contribution is -0.176. The van der Waals surface area contributed by atoms with Crippen molar-refractivity contribution in [2.45, 2.75) is 20.6 Å². The molecule has 1 aliphatic heterocycles. The van der Waals surface area contributed by atoms with Crippen LogP contribution in [0, 0.1) is 0 Å². The predicted molar refractivity (Wildman–Crippen MR) is 341 cm³/mol. The van der Waals surface area contributed by atoms with Gasteiger partial charge < -0.3 is 0 Å². The first-order chi connectivity index (χ1) is 40.3. The zero-order valence-corrected chi connectivity index (χ0v) is 48.3. The van der Waals surface area contributed by atoms with Crippen LogP contribution in [-0.2, 0) is 20.7 Å². The summed E-state index contributed by atoms with van der Waals surface area (Å²) >= 11 is 9.60. The van der Waals surface area contributed by atoms with Crippen molar-refractivity contribution in [1.82, 2.24) is 0 Å². The lowest BCUT2D eigenvalue weighted by Gasteiger charge is -2.35. The summed E-state index contributed by atoms with van der Waals surface area (Å²) in [4.78, 5) is 0.815. The van der Waals surface area contributed by atoms with E-state index in [1.54, 1.807) is 6.07 Å². The van der Waals surface area contributed by atoms with Crippen LogP contribution in [0.2, 0.25) is 0 Å². The molecule has 18 rings (SSSR count). The van der Waals surface area contributed by atoms with Crippen molar-refractivity contribution < 1.29 is 18.9 Å². The van der Waals surface area contributed by atoms with Gasteiger partial charge >= 0.3 is 0 Å². The number of halogens is 2. The summed E-state index contributed by atoms with van der Waals surface area (Å²) in [6.45, 7) is 0. The van der Waals surface area contributed by atoms with Gasteiger partial charge in [-0.15, -0.1) is 11.3 Å². The second-order valence-corrected chi connectivity index (χ2v) is 26.2. The van der Waals surface area contributed by atoms with Gasteiger partial charge in [-0.05, 0) is 137 Å². The molecule has 390 valence electrons. The Morgan fingerprint density at radius 2 is 0.695 bits per heavy atom. The molecule has 5 aliphatic rings. The van der Waals surface area contributed by atoms with E-state index in [1.165, 1.54) is 86.9 Å². The van der Waals surface area contributed by atoms with Crippen molar-refractivity contribution in [2.75, 3.05) is 0 Å². The van der Waals surface area contributed by atoms with Crippen molar-refractivity contribution >= 4 is 73.2 Å². The summed E-state index contributed by atoms with van der Waals surface area (Å²) in [6, 6.07) is 91.4. The molecule has 8 heteroatoms. The Morgan fingerprint density at radius 1 is 0.317 bits per heavy atom. The molecule has 4 nitrogen and oxygen atoms in total. The van der Waals surface area contributed by atoms with Gasteiger partial charge in [0.05, 0.1) is 20.6 Å². The molecule has 13 aromatic rings. The SMILES string of the molecule is Brc1ccc2c(c1)C1(c3ccccc3-c3ccccc3-2)c2ccccc2-c2c1ccc1c2sc2ccccc21.O=S1(=O)c2ccccc2-c2ccc3c(c21)-c1ccccc1C31c2ccccc2-c2ccccc2-c2ccc(Br)cc21.OO. The molecule has 4 aliphatic carbocycles. The van der Waals surface area contributed by atoms with Crippen LogP contribution in [0.5, 0.6) is 0 Å². The Hall–Kier alpha value is -8.31. The number of hydrogen-bond acceptors (Lipinski definition) is 5. The molecule has 2 unspecified atom stereocenters. The summed E-state index contributed by atoms with van der Waals surface area (Å²) < 4.78 is 33.4. The maximum atomic E-state index is 14.3. The maximum absolute atomic E-state index is 14.3. The molecule has 0 saturated carbocycles. The molecular weight excluding hydrogens is 1180 g/mol. The summed E-state index contributed by atoms with van der Waals surface area (Å²) in [7, 11) is -3.72. The van der Waals surface area contributed by atoms with Gasteiger partial charge in [-0.2, -0.15) is 0 Å². The number of fused-ring (bicyclic) bond motifs is 32. The fraction of sp³-hybridized carbons (Fsp3) is 0.0270. The van der Waals surface area contributed by atoms with Crippen LogP contribution in [-0.4, -0.2) is 18.9 Å². The van der Waals surface area contributed by atoms with Crippen molar-refractivity contribution in [1.29, 1.82) is 0 Å². The Labute approximate surface area is 495 Å². The molecule has 1 aromatic heterocycles. The van der Waals surface area contributed by atoms with E-state index in [-0.39, 0.29) is 0 Å². The predicted octanol–water partition coefficient (Wildman–Crippen LogP) is 20.1. The number of hydrogen-bond donors (Lipinski definition) is 2. The van der Waals surface area contributed by atoms with Gasteiger partial charge in [-0.25, -0.2) is 8.42 Å². The fourth-order valence-corrected chi connectivity index (χ4v) is 18.9. The first kappa shape index (κ1) is 49.5. The van der Waals surface area contributed by atoms with Crippen LogP contribution in [0.15, 0.2) is 274 Å². The van der Waals surface area contributed by atoms with Crippen LogP contribution in [0.25, 0.3) is 98.1 Å². The van der Waals surface area contributed by atoms with Crippen LogP contribution in [0.4, 0.5) is 0 Å². The molecule has 0 fully saturated rings. The van der Waals surface area contributed by atoms with Crippen molar-refractivity contribution in [3.8, 4) is 77.9 Å².